The van der Waals surface area contributed by atoms with Gasteiger partial charge in [0.05, 0.1) is 13.2 Å². The Labute approximate surface area is 489 Å². The average Bonchev–Trinajstić information content (AvgIpc) is 3.50. The smallest absolute Gasteiger partial charge is 0.119 e. The summed E-state index contributed by atoms with van der Waals surface area (Å²) in [4.78, 5) is 0. The van der Waals surface area contributed by atoms with Gasteiger partial charge in [-0.3, -0.25) is 0 Å². The molecule has 7 aromatic rings. The molecule has 2 heteroatoms. The molecule has 0 fully saturated rings. The van der Waals surface area contributed by atoms with Gasteiger partial charge in [0.1, 0.15) is 11.5 Å². The van der Waals surface area contributed by atoms with Gasteiger partial charge in [0.25, 0.3) is 0 Å². The van der Waals surface area contributed by atoms with E-state index in [1.54, 1.807) is 0 Å². The topological polar surface area (TPSA) is 18.5 Å². The first-order chi connectivity index (χ1) is 39.6. The Balaban J connectivity index is 0.969. The molecule has 438 valence electrons. The number of unbranched alkanes of at least 4 members (excludes halogenated alkanes) is 32. The number of benzene rings is 7. The normalized spacial score (nSPS) is 12.8. The van der Waals surface area contributed by atoms with Gasteiger partial charge in [0.2, 0.25) is 0 Å². The van der Waals surface area contributed by atoms with Crippen LogP contribution in [0.4, 0.5) is 0 Å². The van der Waals surface area contributed by atoms with Crippen molar-refractivity contribution in [1.29, 1.82) is 0 Å². The van der Waals surface area contributed by atoms with E-state index in [1.807, 2.05) is 0 Å². The Kier molecular flexibility index (Phi) is 29.8. The summed E-state index contributed by atoms with van der Waals surface area (Å²) in [5.41, 5.74) is 0. The van der Waals surface area contributed by atoms with Crippen molar-refractivity contribution in [3.8, 4) is 11.5 Å². The number of fused-ring (bicyclic) bond motifs is 9. The maximum atomic E-state index is 6.71. The lowest BCUT2D eigenvalue weighted by molar-refractivity contribution is 0.224. The first-order valence-corrected chi connectivity index (χ1v) is 34.5. The Hall–Kier alpha value is -4.30. The fourth-order valence-corrected chi connectivity index (χ4v) is 13.3. The van der Waals surface area contributed by atoms with E-state index >= 15 is 0 Å². The maximum absolute atomic E-state index is 6.71. The summed E-state index contributed by atoms with van der Waals surface area (Å²) < 4.78 is 13.4. The zero-order valence-electron chi connectivity index (χ0n) is 51.9. The number of rotatable bonds is 46. The van der Waals surface area contributed by atoms with Gasteiger partial charge in [-0.15, -0.1) is 0 Å². The SMILES string of the molecule is CCCCCCCCCCCCC(CCCCCCCCCC)COc1ccc2c(ccc3cc4c(ccc5cc6c(ccc7cc(OCC(CCCCCCCCCC)CCCCCCCCCCCC)ccc76)cc54)cc32)c1. The minimum absolute atomic E-state index is 0.641. The van der Waals surface area contributed by atoms with Gasteiger partial charge in [-0.25, -0.2) is 0 Å². The van der Waals surface area contributed by atoms with E-state index in [9.17, 15) is 0 Å². The van der Waals surface area contributed by atoms with Gasteiger partial charge in [-0.05, 0) is 151 Å². The molecular weight excluding hydrogens is 969 g/mol. The molecular formula is C78H114O2. The first kappa shape index (κ1) is 63.3. The molecule has 0 spiro atoms. The molecule has 0 aliphatic carbocycles. The van der Waals surface area contributed by atoms with Crippen LogP contribution in [0.3, 0.4) is 0 Å². The van der Waals surface area contributed by atoms with E-state index in [-0.39, 0.29) is 0 Å². The van der Waals surface area contributed by atoms with Crippen molar-refractivity contribution in [3.05, 3.63) is 97.1 Å². The van der Waals surface area contributed by atoms with Crippen molar-refractivity contribution in [2.75, 3.05) is 13.2 Å². The highest BCUT2D eigenvalue weighted by Gasteiger charge is 2.15. The number of ether oxygens (including phenoxy) is 2. The quantitative estimate of drug-likeness (QED) is 0.0215. The monoisotopic (exact) mass is 1080 g/mol. The molecule has 0 bridgehead atoms. The summed E-state index contributed by atoms with van der Waals surface area (Å²) in [6.07, 6.45) is 55.3. The second-order valence-electron chi connectivity index (χ2n) is 25.4. The van der Waals surface area contributed by atoms with E-state index in [2.05, 4.69) is 125 Å². The summed E-state index contributed by atoms with van der Waals surface area (Å²) in [6.45, 7) is 10.9. The molecule has 7 aromatic carbocycles. The van der Waals surface area contributed by atoms with Crippen molar-refractivity contribution >= 4 is 64.6 Å². The van der Waals surface area contributed by atoms with Crippen LogP contribution in [0.25, 0.3) is 64.6 Å². The molecule has 2 nitrogen and oxygen atoms in total. The van der Waals surface area contributed by atoms with Crippen molar-refractivity contribution in [2.45, 2.75) is 285 Å². The van der Waals surface area contributed by atoms with Crippen LogP contribution in [-0.2, 0) is 0 Å². The van der Waals surface area contributed by atoms with Crippen molar-refractivity contribution in [3.63, 3.8) is 0 Å². The third-order valence-electron chi connectivity index (χ3n) is 18.5. The highest BCUT2D eigenvalue weighted by atomic mass is 16.5. The lowest BCUT2D eigenvalue weighted by atomic mass is 9.93. The van der Waals surface area contributed by atoms with Crippen LogP contribution < -0.4 is 9.47 Å². The van der Waals surface area contributed by atoms with Gasteiger partial charge in [-0.2, -0.15) is 0 Å². The minimum Gasteiger partial charge on any atom is -0.493 e. The molecule has 7 rings (SSSR count). The lowest BCUT2D eigenvalue weighted by Gasteiger charge is -2.18. The van der Waals surface area contributed by atoms with Crippen molar-refractivity contribution < 1.29 is 9.47 Å². The van der Waals surface area contributed by atoms with Crippen LogP contribution in [0, 0.1) is 11.8 Å². The van der Waals surface area contributed by atoms with Crippen LogP contribution in [0.1, 0.15) is 285 Å². The van der Waals surface area contributed by atoms with E-state index in [0.29, 0.717) is 11.8 Å². The molecule has 0 amide bonds. The van der Waals surface area contributed by atoms with Crippen molar-refractivity contribution in [1.82, 2.24) is 0 Å². The Bertz CT molecular complexity index is 2590. The highest BCUT2D eigenvalue weighted by molar-refractivity contribution is 6.21. The lowest BCUT2D eigenvalue weighted by Crippen LogP contribution is -2.12. The summed E-state index contributed by atoms with van der Waals surface area (Å²) in [5.74, 6) is 3.32. The maximum Gasteiger partial charge on any atom is 0.119 e. The molecule has 0 aliphatic rings. The van der Waals surface area contributed by atoms with Gasteiger partial charge >= 0.3 is 0 Å². The molecule has 0 heterocycles. The molecule has 0 saturated carbocycles. The predicted octanol–water partition coefficient (Wildman–Crippen LogP) is 26.3. The van der Waals surface area contributed by atoms with Crippen molar-refractivity contribution in [2.24, 2.45) is 11.8 Å². The van der Waals surface area contributed by atoms with E-state index in [0.717, 1.165) is 24.7 Å². The van der Waals surface area contributed by atoms with E-state index in [1.165, 1.54) is 321 Å². The predicted molar refractivity (Wildman–Crippen MR) is 357 cm³/mol. The molecule has 0 N–H and O–H groups in total. The molecule has 80 heavy (non-hydrogen) atoms. The molecule has 2 unspecified atom stereocenters. The van der Waals surface area contributed by atoms with Crippen LogP contribution in [-0.4, -0.2) is 13.2 Å². The summed E-state index contributed by atoms with van der Waals surface area (Å²) in [7, 11) is 0. The Morgan fingerprint density at radius 3 is 0.688 bits per heavy atom. The molecule has 0 aromatic heterocycles. The second-order valence-corrected chi connectivity index (χ2v) is 25.4. The fourth-order valence-electron chi connectivity index (χ4n) is 13.3. The largest absolute Gasteiger partial charge is 0.493 e. The van der Waals surface area contributed by atoms with Crippen LogP contribution >= 0.6 is 0 Å². The van der Waals surface area contributed by atoms with E-state index < -0.39 is 0 Å². The van der Waals surface area contributed by atoms with Crippen LogP contribution in [0.2, 0.25) is 0 Å². The van der Waals surface area contributed by atoms with Gasteiger partial charge in [-0.1, -0.05) is 307 Å². The van der Waals surface area contributed by atoms with E-state index in [4.69, 9.17) is 9.47 Å². The second kappa shape index (κ2) is 37.7. The number of hydrogen-bond donors (Lipinski definition) is 0. The summed E-state index contributed by atoms with van der Waals surface area (Å²) >= 11 is 0. The summed E-state index contributed by atoms with van der Waals surface area (Å²) in [5, 5.41) is 15.6. The third kappa shape index (κ3) is 21.5. The third-order valence-corrected chi connectivity index (χ3v) is 18.5. The van der Waals surface area contributed by atoms with Crippen LogP contribution in [0.5, 0.6) is 11.5 Å². The molecule has 2 atom stereocenters. The first-order valence-electron chi connectivity index (χ1n) is 34.5. The highest BCUT2D eigenvalue weighted by Crippen LogP contribution is 2.38. The van der Waals surface area contributed by atoms with Gasteiger partial charge < -0.3 is 9.47 Å². The van der Waals surface area contributed by atoms with Gasteiger partial charge in [0.15, 0.2) is 0 Å². The van der Waals surface area contributed by atoms with Gasteiger partial charge in [0, 0.05) is 0 Å². The molecule has 0 aliphatic heterocycles. The standard InChI is InChI=1S/C78H114O2/c1-5-9-13-17-21-25-27-31-35-39-43-63(41-37-33-29-23-19-15-11-7-3)61-79-71-51-53-73-65(55-71)45-47-67-59-77-69(57-75(67)73)49-50-70-58-76-68(60-78(70)77)48-46-66-56-72(52-54-74(66)76)80-62-64(42-38-34-30-24-20-16-12-8-4)44-40-36-32-28-26-22-18-14-10-6-2/h45-60,63-64H,5-44,61-62H2,1-4H3. The average molecular weight is 1080 g/mol. The fraction of sp³-hybridized carbons (Fsp3) is 0.615. The Morgan fingerprint density at radius 1 is 0.225 bits per heavy atom. The molecule has 0 saturated heterocycles. The minimum atomic E-state index is 0.641. The molecule has 0 radical (unpaired) electrons. The summed E-state index contributed by atoms with van der Waals surface area (Å²) in [6, 6.07) is 37.5. The van der Waals surface area contributed by atoms with Crippen LogP contribution in [0.15, 0.2) is 97.1 Å². The zero-order chi connectivity index (χ0) is 55.7. The Morgan fingerprint density at radius 2 is 0.438 bits per heavy atom. The zero-order valence-corrected chi connectivity index (χ0v) is 51.9. The number of hydrogen-bond acceptors (Lipinski definition) is 2.